The van der Waals surface area contributed by atoms with Crippen LogP contribution in [0.1, 0.15) is 26.7 Å². The molecule has 1 saturated carbocycles. The lowest BCUT2D eigenvalue weighted by molar-refractivity contribution is -0.147. The number of carbonyl (C=O) groups excluding carboxylic acids is 3. The van der Waals surface area contributed by atoms with Gasteiger partial charge in [-0.2, -0.15) is 0 Å². The van der Waals surface area contributed by atoms with E-state index >= 15 is 0 Å². The Bertz CT molecular complexity index is 1000. The second kappa shape index (κ2) is 7.31. The molecule has 2 fully saturated rings. The van der Waals surface area contributed by atoms with Gasteiger partial charge in [0.25, 0.3) is 0 Å². The van der Waals surface area contributed by atoms with Gasteiger partial charge in [0, 0.05) is 5.69 Å². The van der Waals surface area contributed by atoms with E-state index in [-0.39, 0.29) is 46.3 Å². The average Bonchev–Trinajstić information content (AvgIpc) is 3.33. The molecule has 0 spiro atoms. The molecular formula is C21H25N3O5S. The average molecular weight is 432 g/mol. The third-order valence-electron chi connectivity index (χ3n) is 6.26. The fraction of sp³-hybridized carbons (Fsp3) is 0.476. The van der Waals surface area contributed by atoms with Crippen molar-refractivity contribution in [3.05, 3.63) is 36.4 Å². The van der Waals surface area contributed by atoms with Crippen molar-refractivity contribution in [1.29, 1.82) is 0 Å². The van der Waals surface area contributed by atoms with Crippen molar-refractivity contribution in [3.63, 3.8) is 0 Å². The van der Waals surface area contributed by atoms with Crippen LogP contribution in [0.2, 0.25) is 0 Å². The summed E-state index contributed by atoms with van der Waals surface area (Å²) in [6.45, 7) is 3.86. The van der Waals surface area contributed by atoms with Crippen LogP contribution in [-0.2, 0) is 24.4 Å². The van der Waals surface area contributed by atoms with Crippen LogP contribution in [0.4, 0.5) is 5.69 Å². The van der Waals surface area contributed by atoms with Crippen LogP contribution >= 0.6 is 0 Å². The summed E-state index contributed by atoms with van der Waals surface area (Å²) in [7, 11) is -3.84. The Morgan fingerprint density at radius 3 is 2.10 bits per heavy atom. The number of rotatable bonds is 6. The van der Waals surface area contributed by atoms with Gasteiger partial charge in [-0.25, -0.2) is 13.6 Å². The summed E-state index contributed by atoms with van der Waals surface area (Å²) in [5, 5.41) is 7.81. The van der Waals surface area contributed by atoms with Gasteiger partial charge in [-0.3, -0.25) is 19.3 Å². The Hall–Kier alpha value is -2.52. The molecule has 2 aliphatic carbocycles. The molecule has 1 aromatic carbocycles. The van der Waals surface area contributed by atoms with Crippen molar-refractivity contribution in [1.82, 2.24) is 4.90 Å². The number of primary sulfonamides is 1. The first-order valence-corrected chi connectivity index (χ1v) is 11.6. The molecule has 5 atom stereocenters. The molecule has 0 aromatic heterocycles. The largest absolute Gasteiger partial charge is 0.324 e. The smallest absolute Gasteiger partial charge is 0.247 e. The number of fused-ring (bicyclic) bond motifs is 5. The van der Waals surface area contributed by atoms with Crippen LogP contribution in [0.25, 0.3) is 0 Å². The molecule has 9 heteroatoms. The van der Waals surface area contributed by atoms with Crippen LogP contribution in [0, 0.1) is 29.6 Å². The van der Waals surface area contributed by atoms with Gasteiger partial charge in [0.05, 0.1) is 16.7 Å². The summed E-state index contributed by atoms with van der Waals surface area (Å²) < 4.78 is 22.8. The fourth-order valence-electron chi connectivity index (χ4n) is 4.96. The minimum absolute atomic E-state index is 0.0695. The molecule has 0 unspecified atom stereocenters. The number of amides is 3. The maximum Gasteiger partial charge on any atom is 0.247 e. The molecule has 1 aliphatic heterocycles. The standard InChI is InChI=1S/C21H25N3O5S/c1-11(2)9-16(19(25)23-14-5-7-15(8-6-14)30(22,28)29)24-20(26)17-12-3-4-13(10-12)18(17)21(24)27/h3-8,11-13,16-18H,9-10H2,1-2H3,(H,23,25)(H2,22,28,29)/t12-,13+,16-,17-,18+/m1/s1. The first-order valence-electron chi connectivity index (χ1n) is 10.1. The van der Waals surface area contributed by atoms with Crippen LogP contribution in [0.5, 0.6) is 0 Å². The Balaban J connectivity index is 1.56. The van der Waals surface area contributed by atoms with Crippen molar-refractivity contribution in [2.24, 2.45) is 34.7 Å². The van der Waals surface area contributed by atoms with Crippen molar-refractivity contribution in [2.75, 3.05) is 5.32 Å². The maximum atomic E-state index is 13.1. The maximum absolute atomic E-state index is 13.1. The molecule has 0 radical (unpaired) electrons. The molecule has 1 aromatic rings. The van der Waals surface area contributed by atoms with Crippen LogP contribution in [0.15, 0.2) is 41.3 Å². The molecule has 3 N–H and O–H groups in total. The number of benzene rings is 1. The van der Waals surface area contributed by atoms with E-state index in [9.17, 15) is 22.8 Å². The number of hydrogen-bond donors (Lipinski definition) is 2. The van der Waals surface area contributed by atoms with Crippen molar-refractivity contribution >= 4 is 33.4 Å². The minimum atomic E-state index is -3.84. The highest BCUT2D eigenvalue weighted by molar-refractivity contribution is 7.89. The first-order chi connectivity index (χ1) is 14.1. The highest BCUT2D eigenvalue weighted by Gasteiger charge is 2.61. The van der Waals surface area contributed by atoms with E-state index in [1.54, 1.807) is 0 Å². The SMILES string of the molecule is CC(C)C[C@H](C(=O)Nc1ccc(S(N)(=O)=O)cc1)N1C(=O)[C@@H]2[C@H](C1=O)[C@@H]1C=C[C@H]2C1. The number of imide groups is 1. The zero-order valence-corrected chi connectivity index (χ0v) is 17.6. The van der Waals surface area contributed by atoms with Gasteiger partial charge in [-0.15, -0.1) is 0 Å². The first kappa shape index (κ1) is 20.7. The molecule has 1 heterocycles. The van der Waals surface area contributed by atoms with Gasteiger partial charge in [0.2, 0.25) is 27.7 Å². The zero-order chi connectivity index (χ0) is 21.8. The van der Waals surface area contributed by atoms with Gasteiger partial charge in [0.1, 0.15) is 6.04 Å². The Morgan fingerprint density at radius 2 is 1.63 bits per heavy atom. The number of likely N-dealkylation sites (tertiary alicyclic amines) is 1. The normalized spacial score (nSPS) is 28.3. The van der Waals surface area contributed by atoms with Crippen molar-refractivity contribution < 1.29 is 22.8 Å². The number of hydrogen-bond acceptors (Lipinski definition) is 5. The number of allylic oxidation sites excluding steroid dienone is 2. The Kier molecular flexibility index (Phi) is 5.06. The van der Waals surface area contributed by atoms with Crippen molar-refractivity contribution in [3.8, 4) is 0 Å². The molecule has 3 aliphatic rings. The zero-order valence-electron chi connectivity index (χ0n) is 16.8. The molecule has 4 rings (SSSR count). The Labute approximate surface area is 175 Å². The second-order valence-corrected chi connectivity index (χ2v) is 10.3. The predicted octanol–water partition coefficient (Wildman–Crippen LogP) is 1.49. The molecule has 8 nitrogen and oxygen atoms in total. The minimum Gasteiger partial charge on any atom is -0.324 e. The van der Waals surface area contributed by atoms with E-state index in [1.165, 1.54) is 29.2 Å². The highest BCUT2D eigenvalue weighted by atomic mass is 32.2. The summed E-state index contributed by atoms with van der Waals surface area (Å²) in [6, 6.07) is 4.53. The van der Waals surface area contributed by atoms with Gasteiger partial charge >= 0.3 is 0 Å². The lowest BCUT2D eigenvalue weighted by atomic mass is 9.85. The third-order valence-corrected chi connectivity index (χ3v) is 7.19. The van der Waals surface area contributed by atoms with Crippen molar-refractivity contribution in [2.45, 2.75) is 37.6 Å². The monoisotopic (exact) mass is 431 g/mol. The van der Waals surface area contributed by atoms with E-state index < -0.39 is 22.0 Å². The topological polar surface area (TPSA) is 127 Å². The summed E-state index contributed by atoms with van der Waals surface area (Å²) in [4.78, 5) is 40.5. The molecule has 30 heavy (non-hydrogen) atoms. The van der Waals surface area contributed by atoms with E-state index in [2.05, 4.69) is 5.32 Å². The van der Waals surface area contributed by atoms with Gasteiger partial charge in [0.15, 0.2) is 0 Å². The number of nitrogens with one attached hydrogen (secondary N) is 1. The number of nitrogens with zero attached hydrogens (tertiary/aromatic N) is 1. The van der Waals surface area contributed by atoms with Crippen LogP contribution in [-0.4, -0.2) is 37.1 Å². The van der Waals surface area contributed by atoms with Crippen LogP contribution in [0.3, 0.4) is 0 Å². The second-order valence-electron chi connectivity index (χ2n) is 8.75. The fourth-order valence-corrected chi connectivity index (χ4v) is 5.48. The summed E-state index contributed by atoms with van der Waals surface area (Å²) in [5.41, 5.74) is 0.363. The quantitative estimate of drug-likeness (QED) is 0.521. The number of sulfonamides is 1. The number of anilines is 1. The summed E-state index contributed by atoms with van der Waals surface area (Å²) in [6.07, 6.45) is 5.22. The van der Waals surface area contributed by atoms with Gasteiger partial charge < -0.3 is 5.32 Å². The van der Waals surface area contributed by atoms with E-state index in [0.717, 1.165) is 6.42 Å². The van der Waals surface area contributed by atoms with E-state index in [4.69, 9.17) is 5.14 Å². The third kappa shape index (κ3) is 3.45. The van der Waals surface area contributed by atoms with Gasteiger partial charge in [-0.1, -0.05) is 26.0 Å². The van der Waals surface area contributed by atoms with Gasteiger partial charge in [-0.05, 0) is 54.9 Å². The number of nitrogens with two attached hydrogens (primary N) is 1. The summed E-state index contributed by atoms with van der Waals surface area (Å²) >= 11 is 0. The molecule has 1 saturated heterocycles. The molecule has 3 amide bonds. The van der Waals surface area contributed by atoms with Crippen LogP contribution < -0.4 is 10.5 Å². The summed E-state index contributed by atoms with van der Waals surface area (Å²) in [5.74, 6) is -1.45. The number of carbonyl (C=O) groups is 3. The molecule has 2 bridgehead atoms. The lowest BCUT2D eigenvalue weighted by Crippen LogP contribution is -2.49. The molecular weight excluding hydrogens is 406 g/mol. The van der Waals surface area contributed by atoms with E-state index in [0.29, 0.717) is 12.1 Å². The highest BCUT2D eigenvalue weighted by Crippen LogP contribution is 2.53. The molecule has 160 valence electrons. The lowest BCUT2D eigenvalue weighted by Gasteiger charge is -2.28. The Morgan fingerprint density at radius 1 is 1.10 bits per heavy atom. The predicted molar refractivity (Wildman–Crippen MR) is 109 cm³/mol. The van der Waals surface area contributed by atoms with E-state index in [1.807, 2.05) is 26.0 Å².